The lowest BCUT2D eigenvalue weighted by Gasteiger charge is -2.26. The summed E-state index contributed by atoms with van der Waals surface area (Å²) >= 11 is 0. The molecular weight excluding hydrogens is 232 g/mol. The van der Waals surface area contributed by atoms with Crippen LogP contribution in [0, 0.1) is 0 Å². The fourth-order valence-corrected chi connectivity index (χ4v) is 1.94. The van der Waals surface area contributed by atoms with Crippen LogP contribution in [0.2, 0.25) is 0 Å². The lowest BCUT2D eigenvalue weighted by Crippen LogP contribution is -2.37. The van der Waals surface area contributed by atoms with E-state index in [1.54, 1.807) is 6.07 Å². The van der Waals surface area contributed by atoms with Gasteiger partial charge in [-0.3, -0.25) is 9.69 Å². The number of morpholine rings is 1. The Hall–Kier alpha value is -1.24. The Balaban J connectivity index is 1.55. The minimum absolute atomic E-state index is 0.161. The first-order chi connectivity index (χ1) is 8.84. The molecule has 1 aromatic heterocycles. The Labute approximate surface area is 106 Å². The summed E-state index contributed by atoms with van der Waals surface area (Å²) in [5, 5.41) is 9.68. The lowest BCUT2D eigenvalue weighted by atomic mass is 10.3. The Morgan fingerprint density at radius 1 is 1.39 bits per heavy atom. The maximum Gasteiger partial charge on any atom is 0.264 e. The first kappa shape index (κ1) is 13.2. The van der Waals surface area contributed by atoms with Crippen LogP contribution in [0.4, 0.5) is 0 Å². The molecule has 1 saturated heterocycles. The second-order valence-electron chi connectivity index (χ2n) is 4.40. The second-order valence-corrected chi connectivity index (χ2v) is 4.40. The fraction of sp³-hybridized carbons (Fsp3) is 0.667. The maximum absolute atomic E-state index is 10.8. The van der Waals surface area contributed by atoms with E-state index in [0.29, 0.717) is 6.54 Å². The summed E-state index contributed by atoms with van der Waals surface area (Å²) < 4.78 is 5.30. The third-order valence-corrected chi connectivity index (χ3v) is 2.97. The van der Waals surface area contributed by atoms with Crippen LogP contribution in [0.5, 0.6) is 0 Å². The molecule has 0 bridgehead atoms. The Bertz CT molecular complexity index is 381. The fourth-order valence-electron chi connectivity index (χ4n) is 1.94. The van der Waals surface area contributed by atoms with Crippen LogP contribution in [0.3, 0.4) is 0 Å². The van der Waals surface area contributed by atoms with Gasteiger partial charge in [0.05, 0.1) is 18.9 Å². The molecule has 0 amide bonds. The van der Waals surface area contributed by atoms with Crippen LogP contribution < -0.4 is 10.9 Å². The molecule has 0 saturated carbocycles. The summed E-state index contributed by atoms with van der Waals surface area (Å²) in [7, 11) is 0. The highest BCUT2D eigenvalue weighted by Gasteiger charge is 2.08. The van der Waals surface area contributed by atoms with Gasteiger partial charge in [0.1, 0.15) is 0 Å². The van der Waals surface area contributed by atoms with Crippen molar-refractivity contribution in [3.05, 3.63) is 28.2 Å². The molecule has 18 heavy (non-hydrogen) atoms. The predicted molar refractivity (Wildman–Crippen MR) is 68.4 cm³/mol. The average Bonchev–Trinajstić information content (AvgIpc) is 2.42. The van der Waals surface area contributed by atoms with Crippen molar-refractivity contribution in [2.75, 3.05) is 39.4 Å². The van der Waals surface area contributed by atoms with Crippen molar-refractivity contribution in [1.82, 2.24) is 20.4 Å². The number of aromatic amines is 1. The first-order valence-corrected chi connectivity index (χ1v) is 6.40. The van der Waals surface area contributed by atoms with Crippen molar-refractivity contribution in [2.45, 2.75) is 13.0 Å². The van der Waals surface area contributed by atoms with Gasteiger partial charge in [0, 0.05) is 25.7 Å². The van der Waals surface area contributed by atoms with Crippen LogP contribution >= 0.6 is 0 Å². The van der Waals surface area contributed by atoms with Gasteiger partial charge in [-0.05, 0) is 25.6 Å². The smallest absolute Gasteiger partial charge is 0.264 e. The molecule has 2 N–H and O–H groups in total. The molecule has 2 heterocycles. The zero-order valence-electron chi connectivity index (χ0n) is 10.5. The highest BCUT2D eigenvalue weighted by Crippen LogP contribution is 1.97. The Kier molecular flexibility index (Phi) is 5.32. The molecule has 2 rings (SSSR count). The van der Waals surface area contributed by atoms with Crippen molar-refractivity contribution < 1.29 is 4.74 Å². The van der Waals surface area contributed by atoms with Gasteiger partial charge in [0.15, 0.2) is 0 Å². The molecule has 1 aliphatic rings. The summed E-state index contributed by atoms with van der Waals surface area (Å²) in [5.41, 5.74) is 0.701. The standard InChI is InChI=1S/C12H20N4O2/c17-12-3-2-11(14-15-12)10-13-4-1-5-16-6-8-18-9-7-16/h2-3,13H,1,4-10H2,(H,15,17). The highest BCUT2D eigenvalue weighted by atomic mass is 16.5. The van der Waals surface area contributed by atoms with Crippen LogP contribution in [-0.4, -0.2) is 54.5 Å². The Morgan fingerprint density at radius 2 is 2.22 bits per heavy atom. The van der Waals surface area contributed by atoms with Gasteiger partial charge in [-0.25, -0.2) is 5.10 Å². The van der Waals surface area contributed by atoms with Gasteiger partial charge in [0.2, 0.25) is 0 Å². The van der Waals surface area contributed by atoms with Gasteiger partial charge in [-0.1, -0.05) is 0 Å². The molecule has 6 heteroatoms. The number of aromatic nitrogens is 2. The molecule has 0 atom stereocenters. The number of H-pyrrole nitrogens is 1. The lowest BCUT2D eigenvalue weighted by molar-refractivity contribution is 0.0374. The molecule has 1 aromatic rings. The summed E-state index contributed by atoms with van der Waals surface area (Å²) in [4.78, 5) is 13.2. The van der Waals surface area contributed by atoms with Gasteiger partial charge in [-0.2, -0.15) is 5.10 Å². The van der Waals surface area contributed by atoms with E-state index in [9.17, 15) is 4.79 Å². The number of hydrogen-bond donors (Lipinski definition) is 2. The topological polar surface area (TPSA) is 70.2 Å². The van der Waals surface area contributed by atoms with Crippen LogP contribution in [-0.2, 0) is 11.3 Å². The number of hydrogen-bond acceptors (Lipinski definition) is 5. The van der Waals surface area contributed by atoms with Gasteiger partial charge < -0.3 is 10.1 Å². The molecule has 0 spiro atoms. The SMILES string of the molecule is O=c1ccc(CNCCCN2CCOCC2)n[nH]1. The molecule has 100 valence electrons. The minimum Gasteiger partial charge on any atom is -0.379 e. The molecule has 1 fully saturated rings. The minimum atomic E-state index is -0.161. The molecule has 0 aliphatic carbocycles. The largest absolute Gasteiger partial charge is 0.379 e. The number of nitrogens with zero attached hydrogens (tertiary/aromatic N) is 2. The second kappa shape index (κ2) is 7.25. The summed E-state index contributed by atoms with van der Waals surface area (Å²) in [6.45, 7) is 6.56. The number of ether oxygens (including phenoxy) is 1. The maximum atomic E-state index is 10.8. The van der Waals surface area contributed by atoms with Gasteiger partial charge in [-0.15, -0.1) is 0 Å². The zero-order chi connectivity index (χ0) is 12.6. The van der Waals surface area contributed by atoms with Crippen LogP contribution in [0.15, 0.2) is 16.9 Å². The molecule has 0 radical (unpaired) electrons. The molecule has 0 aromatic carbocycles. The van der Waals surface area contributed by atoms with Crippen molar-refractivity contribution in [3.8, 4) is 0 Å². The van der Waals surface area contributed by atoms with E-state index in [-0.39, 0.29) is 5.56 Å². The molecular formula is C12H20N4O2. The monoisotopic (exact) mass is 252 g/mol. The quantitative estimate of drug-likeness (QED) is 0.673. The molecule has 1 aliphatic heterocycles. The van der Waals surface area contributed by atoms with Crippen molar-refractivity contribution in [1.29, 1.82) is 0 Å². The van der Waals surface area contributed by atoms with E-state index < -0.39 is 0 Å². The van der Waals surface area contributed by atoms with E-state index >= 15 is 0 Å². The molecule has 6 nitrogen and oxygen atoms in total. The van der Waals surface area contributed by atoms with E-state index in [1.807, 2.05) is 0 Å². The van der Waals surface area contributed by atoms with Crippen molar-refractivity contribution in [2.24, 2.45) is 0 Å². The van der Waals surface area contributed by atoms with E-state index in [4.69, 9.17) is 4.74 Å². The van der Waals surface area contributed by atoms with E-state index in [2.05, 4.69) is 20.4 Å². The summed E-state index contributed by atoms with van der Waals surface area (Å²) in [6, 6.07) is 3.24. The van der Waals surface area contributed by atoms with Gasteiger partial charge in [0.25, 0.3) is 5.56 Å². The van der Waals surface area contributed by atoms with E-state index in [1.165, 1.54) is 6.07 Å². The first-order valence-electron chi connectivity index (χ1n) is 6.40. The predicted octanol–water partition coefficient (Wildman–Crippen LogP) is -0.418. The third-order valence-electron chi connectivity index (χ3n) is 2.97. The summed E-state index contributed by atoms with van der Waals surface area (Å²) in [6.07, 6.45) is 1.11. The van der Waals surface area contributed by atoms with Crippen molar-refractivity contribution in [3.63, 3.8) is 0 Å². The van der Waals surface area contributed by atoms with Crippen molar-refractivity contribution >= 4 is 0 Å². The Morgan fingerprint density at radius 3 is 2.94 bits per heavy atom. The number of nitrogens with one attached hydrogen (secondary N) is 2. The van der Waals surface area contributed by atoms with Crippen LogP contribution in [0.25, 0.3) is 0 Å². The molecule has 0 unspecified atom stereocenters. The van der Waals surface area contributed by atoms with Crippen LogP contribution in [0.1, 0.15) is 12.1 Å². The average molecular weight is 252 g/mol. The summed E-state index contributed by atoms with van der Waals surface area (Å²) in [5.74, 6) is 0. The zero-order valence-corrected chi connectivity index (χ0v) is 10.5. The number of rotatable bonds is 6. The third kappa shape index (κ3) is 4.56. The highest BCUT2D eigenvalue weighted by molar-refractivity contribution is 4.98. The normalized spacial score (nSPS) is 16.9. The van der Waals surface area contributed by atoms with Gasteiger partial charge >= 0.3 is 0 Å². The van der Waals surface area contributed by atoms with E-state index in [0.717, 1.165) is 51.5 Å².